The second-order valence-electron chi connectivity index (χ2n) is 3.82. The molecule has 16 heavy (non-hydrogen) atoms. The summed E-state index contributed by atoms with van der Waals surface area (Å²) in [6, 6.07) is 0. The van der Waals surface area contributed by atoms with Gasteiger partial charge in [0.1, 0.15) is 5.60 Å². The van der Waals surface area contributed by atoms with E-state index < -0.39 is 11.7 Å². The van der Waals surface area contributed by atoms with E-state index in [-0.39, 0.29) is 16.5 Å². The first-order chi connectivity index (χ1) is 7.26. The number of carbonyl (C=O) groups is 1. The molecule has 88 valence electrons. The highest BCUT2D eigenvalue weighted by Crippen LogP contribution is 2.12. The molecule has 1 heterocycles. The maximum absolute atomic E-state index is 11.3. The maximum Gasteiger partial charge on any atom is 0.414 e. The van der Waals surface area contributed by atoms with E-state index in [0.717, 1.165) is 0 Å². The van der Waals surface area contributed by atoms with Crippen molar-refractivity contribution in [1.82, 2.24) is 15.0 Å². The monoisotopic (exact) mass is 264 g/mol. The lowest BCUT2D eigenvalue weighted by Gasteiger charge is -2.19. The van der Waals surface area contributed by atoms with Gasteiger partial charge in [0.2, 0.25) is 16.5 Å². The normalized spacial score (nSPS) is 11.1. The molecule has 1 amide bonds. The van der Waals surface area contributed by atoms with Gasteiger partial charge in [0.15, 0.2) is 0 Å². The summed E-state index contributed by atoms with van der Waals surface area (Å²) in [5.41, 5.74) is -0.606. The molecular formula is C8H10Cl2N4O2. The fourth-order valence-corrected chi connectivity index (χ4v) is 1.14. The lowest BCUT2D eigenvalue weighted by Crippen LogP contribution is -2.27. The van der Waals surface area contributed by atoms with Gasteiger partial charge < -0.3 is 4.74 Å². The molecule has 6 nitrogen and oxygen atoms in total. The number of carbonyl (C=O) groups excluding carboxylic acids is 1. The molecule has 0 saturated carbocycles. The lowest BCUT2D eigenvalue weighted by molar-refractivity contribution is 0.0634. The molecule has 0 saturated heterocycles. The predicted molar refractivity (Wildman–Crippen MR) is 59.7 cm³/mol. The minimum absolute atomic E-state index is 0.0562. The largest absolute Gasteiger partial charge is 0.444 e. The Balaban J connectivity index is 2.70. The molecule has 0 unspecified atom stereocenters. The van der Waals surface area contributed by atoms with Crippen LogP contribution in [0.2, 0.25) is 10.6 Å². The molecule has 0 aliphatic heterocycles. The average molecular weight is 265 g/mol. The quantitative estimate of drug-likeness (QED) is 0.844. The molecule has 0 bridgehead atoms. The first kappa shape index (κ1) is 12.9. The Morgan fingerprint density at radius 2 is 1.69 bits per heavy atom. The second kappa shape index (κ2) is 4.80. The summed E-state index contributed by atoms with van der Waals surface area (Å²) in [7, 11) is 0. The second-order valence-corrected chi connectivity index (χ2v) is 4.50. The number of ether oxygens (including phenoxy) is 1. The molecule has 1 aromatic heterocycles. The van der Waals surface area contributed by atoms with Gasteiger partial charge in [-0.3, -0.25) is 5.32 Å². The van der Waals surface area contributed by atoms with E-state index in [4.69, 9.17) is 27.9 Å². The average Bonchev–Trinajstić information content (AvgIpc) is 1.96. The standard InChI is InChI=1S/C8H10Cl2N4O2/c1-8(2,3)16-7(15)14-6-12-4(9)11-5(10)13-6/h1-3H3,(H,11,12,13,14,15). The van der Waals surface area contributed by atoms with Crippen molar-refractivity contribution in [3.63, 3.8) is 0 Å². The van der Waals surface area contributed by atoms with Gasteiger partial charge >= 0.3 is 6.09 Å². The zero-order chi connectivity index (χ0) is 12.3. The number of anilines is 1. The maximum atomic E-state index is 11.3. The Morgan fingerprint density at radius 3 is 2.12 bits per heavy atom. The van der Waals surface area contributed by atoms with Gasteiger partial charge in [-0.1, -0.05) is 0 Å². The van der Waals surface area contributed by atoms with Crippen molar-refractivity contribution in [2.75, 3.05) is 5.32 Å². The SMILES string of the molecule is CC(C)(C)OC(=O)Nc1nc(Cl)nc(Cl)n1. The summed E-state index contributed by atoms with van der Waals surface area (Å²) in [6.45, 7) is 5.21. The summed E-state index contributed by atoms with van der Waals surface area (Å²) < 4.78 is 4.98. The van der Waals surface area contributed by atoms with E-state index in [1.54, 1.807) is 20.8 Å². The summed E-state index contributed by atoms with van der Waals surface area (Å²) in [5.74, 6) is -0.0562. The van der Waals surface area contributed by atoms with Crippen molar-refractivity contribution in [2.24, 2.45) is 0 Å². The van der Waals surface area contributed by atoms with E-state index in [2.05, 4.69) is 20.3 Å². The van der Waals surface area contributed by atoms with Gasteiger partial charge in [-0.2, -0.15) is 15.0 Å². The summed E-state index contributed by atoms with van der Waals surface area (Å²) in [4.78, 5) is 22.2. The fraction of sp³-hybridized carbons (Fsp3) is 0.500. The Hall–Kier alpha value is -1.14. The van der Waals surface area contributed by atoms with Crippen molar-refractivity contribution in [1.29, 1.82) is 0 Å². The smallest absolute Gasteiger partial charge is 0.414 e. The molecular weight excluding hydrogens is 255 g/mol. The molecule has 0 aliphatic rings. The van der Waals surface area contributed by atoms with E-state index in [1.807, 2.05) is 0 Å². The van der Waals surface area contributed by atoms with Gasteiger partial charge in [0.25, 0.3) is 0 Å². The minimum Gasteiger partial charge on any atom is -0.444 e. The first-order valence-electron chi connectivity index (χ1n) is 4.33. The number of hydrogen-bond donors (Lipinski definition) is 1. The highest BCUT2D eigenvalue weighted by molar-refractivity contribution is 6.31. The molecule has 8 heteroatoms. The van der Waals surface area contributed by atoms with E-state index >= 15 is 0 Å². The Kier molecular flexibility index (Phi) is 3.88. The number of nitrogens with one attached hydrogen (secondary N) is 1. The van der Waals surface area contributed by atoms with Crippen LogP contribution in [-0.4, -0.2) is 26.6 Å². The summed E-state index contributed by atoms with van der Waals surface area (Å²) in [5, 5.41) is 2.08. The minimum atomic E-state index is -0.689. The third kappa shape index (κ3) is 4.59. The Labute approximate surface area is 102 Å². The molecule has 1 rings (SSSR count). The highest BCUT2D eigenvalue weighted by Gasteiger charge is 2.17. The number of hydrogen-bond acceptors (Lipinski definition) is 5. The number of nitrogens with zero attached hydrogens (tertiary/aromatic N) is 3. The summed E-state index contributed by atoms with van der Waals surface area (Å²) >= 11 is 11.1. The van der Waals surface area contributed by atoms with Crippen LogP contribution in [0.25, 0.3) is 0 Å². The Bertz CT molecular complexity index is 385. The van der Waals surface area contributed by atoms with Crippen LogP contribution in [0.15, 0.2) is 0 Å². The Morgan fingerprint density at radius 1 is 1.19 bits per heavy atom. The van der Waals surface area contributed by atoms with Crippen LogP contribution < -0.4 is 5.32 Å². The van der Waals surface area contributed by atoms with Crippen molar-refractivity contribution >= 4 is 35.2 Å². The van der Waals surface area contributed by atoms with Gasteiger partial charge in [-0.15, -0.1) is 0 Å². The van der Waals surface area contributed by atoms with E-state index in [1.165, 1.54) is 0 Å². The van der Waals surface area contributed by atoms with Crippen molar-refractivity contribution < 1.29 is 9.53 Å². The molecule has 1 N–H and O–H groups in total. The molecule has 1 aromatic rings. The highest BCUT2D eigenvalue weighted by atomic mass is 35.5. The molecule has 0 fully saturated rings. The molecule has 0 radical (unpaired) electrons. The van der Waals surface area contributed by atoms with Crippen LogP contribution in [0.4, 0.5) is 10.7 Å². The van der Waals surface area contributed by atoms with Crippen LogP contribution in [0, 0.1) is 0 Å². The third-order valence-electron chi connectivity index (χ3n) is 1.19. The lowest BCUT2D eigenvalue weighted by atomic mass is 10.2. The number of rotatable bonds is 1. The van der Waals surface area contributed by atoms with Crippen molar-refractivity contribution in [2.45, 2.75) is 26.4 Å². The van der Waals surface area contributed by atoms with Crippen molar-refractivity contribution in [3.05, 3.63) is 10.6 Å². The van der Waals surface area contributed by atoms with Crippen LogP contribution in [0.5, 0.6) is 0 Å². The molecule has 0 aliphatic carbocycles. The van der Waals surface area contributed by atoms with Gasteiger partial charge in [-0.25, -0.2) is 4.79 Å². The van der Waals surface area contributed by atoms with Crippen LogP contribution in [0.1, 0.15) is 20.8 Å². The topological polar surface area (TPSA) is 77.0 Å². The van der Waals surface area contributed by atoms with Gasteiger partial charge in [0, 0.05) is 0 Å². The van der Waals surface area contributed by atoms with Crippen LogP contribution in [-0.2, 0) is 4.74 Å². The first-order valence-corrected chi connectivity index (χ1v) is 5.09. The van der Waals surface area contributed by atoms with Crippen LogP contribution >= 0.6 is 23.2 Å². The molecule has 0 atom stereocenters. The van der Waals surface area contributed by atoms with E-state index in [0.29, 0.717) is 0 Å². The fourth-order valence-electron chi connectivity index (χ4n) is 0.777. The van der Waals surface area contributed by atoms with E-state index in [9.17, 15) is 4.79 Å². The number of aromatic nitrogens is 3. The molecule has 0 spiro atoms. The predicted octanol–water partition coefficient (Wildman–Crippen LogP) is 2.53. The van der Waals surface area contributed by atoms with Gasteiger partial charge in [0.05, 0.1) is 0 Å². The third-order valence-corrected chi connectivity index (χ3v) is 1.53. The molecule has 0 aromatic carbocycles. The van der Waals surface area contributed by atoms with Gasteiger partial charge in [-0.05, 0) is 44.0 Å². The zero-order valence-electron chi connectivity index (χ0n) is 8.91. The van der Waals surface area contributed by atoms with Crippen molar-refractivity contribution in [3.8, 4) is 0 Å². The van der Waals surface area contributed by atoms with Crippen LogP contribution in [0.3, 0.4) is 0 Å². The number of halogens is 2. The zero-order valence-corrected chi connectivity index (χ0v) is 10.4. The number of amides is 1. The summed E-state index contributed by atoms with van der Waals surface area (Å²) in [6.07, 6.45) is -0.689.